The third kappa shape index (κ3) is 3.32. The molecule has 1 saturated heterocycles. The van der Waals surface area contributed by atoms with Crippen LogP contribution in [0.1, 0.15) is 30.5 Å². The minimum Gasteiger partial charge on any atom is -0.380 e. The van der Waals surface area contributed by atoms with Crippen molar-refractivity contribution in [1.29, 1.82) is 0 Å². The van der Waals surface area contributed by atoms with Gasteiger partial charge in [-0.15, -0.1) is 0 Å². The molecule has 1 aliphatic rings. The van der Waals surface area contributed by atoms with E-state index < -0.39 is 0 Å². The van der Waals surface area contributed by atoms with Gasteiger partial charge in [-0.25, -0.2) is 0 Å². The second kappa shape index (κ2) is 6.01. The van der Waals surface area contributed by atoms with Crippen LogP contribution in [0.3, 0.4) is 0 Å². The standard InChI is InChI=1S/C12H21N3O/c1-10-11(8-14-15-10)4-2-6-13-12-5-3-7-16-9-12/h8,12-13H,2-7,9H2,1H3,(H,14,15). The zero-order valence-electron chi connectivity index (χ0n) is 9.96. The maximum Gasteiger partial charge on any atom is 0.0619 e. The van der Waals surface area contributed by atoms with Crippen LogP contribution in [-0.4, -0.2) is 36.0 Å². The van der Waals surface area contributed by atoms with Crippen molar-refractivity contribution in [2.24, 2.45) is 0 Å². The molecule has 2 N–H and O–H groups in total. The third-order valence-corrected chi connectivity index (χ3v) is 3.15. The molecule has 0 saturated carbocycles. The first kappa shape index (κ1) is 11.6. The summed E-state index contributed by atoms with van der Waals surface area (Å²) in [5.41, 5.74) is 2.53. The first-order valence-corrected chi connectivity index (χ1v) is 6.16. The number of hydrogen-bond donors (Lipinski definition) is 2. The molecule has 1 aromatic heterocycles. The van der Waals surface area contributed by atoms with E-state index in [9.17, 15) is 0 Å². The van der Waals surface area contributed by atoms with E-state index in [1.807, 2.05) is 6.20 Å². The van der Waals surface area contributed by atoms with Crippen LogP contribution in [0.5, 0.6) is 0 Å². The molecule has 4 nitrogen and oxygen atoms in total. The molecule has 1 atom stereocenters. The lowest BCUT2D eigenvalue weighted by molar-refractivity contribution is 0.0705. The Kier molecular flexibility index (Phi) is 4.36. The summed E-state index contributed by atoms with van der Waals surface area (Å²) in [7, 11) is 0. The van der Waals surface area contributed by atoms with Gasteiger partial charge in [-0.1, -0.05) is 0 Å². The minimum absolute atomic E-state index is 0.569. The van der Waals surface area contributed by atoms with Crippen molar-refractivity contribution in [2.75, 3.05) is 19.8 Å². The fourth-order valence-electron chi connectivity index (χ4n) is 2.11. The largest absolute Gasteiger partial charge is 0.380 e. The van der Waals surface area contributed by atoms with Crippen molar-refractivity contribution in [1.82, 2.24) is 15.5 Å². The number of nitrogens with one attached hydrogen (secondary N) is 2. The molecule has 0 aromatic carbocycles. The fourth-order valence-corrected chi connectivity index (χ4v) is 2.11. The smallest absolute Gasteiger partial charge is 0.0619 e. The third-order valence-electron chi connectivity index (χ3n) is 3.15. The van der Waals surface area contributed by atoms with Gasteiger partial charge in [0.2, 0.25) is 0 Å². The number of rotatable bonds is 5. The molecule has 1 aromatic rings. The Hall–Kier alpha value is -0.870. The molecule has 0 bridgehead atoms. The summed E-state index contributed by atoms with van der Waals surface area (Å²) >= 11 is 0. The first-order valence-electron chi connectivity index (χ1n) is 6.16. The molecule has 2 heterocycles. The average Bonchev–Trinajstić information content (AvgIpc) is 2.72. The van der Waals surface area contributed by atoms with E-state index in [1.165, 1.54) is 24.1 Å². The van der Waals surface area contributed by atoms with Crippen LogP contribution in [0.4, 0.5) is 0 Å². The molecule has 90 valence electrons. The number of hydrogen-bond acceptors (Lipinski definition) is 3. The highest BCUT2D eigenvalue weighted by Gasteiger charge is 2.12. The number of aryl methyl sites for hydroxylation is 2. The monoisotopic (exact) mass is 223 g/mol. The SMILES string of the molecule is Cc1[nH]ncc1CCCNC1CCCOC1. The van der Waals surface area contributed by atoms with E-state index in [4.69, 9.17) is 4.74 Å². The normalized spacial score (nSPS) is 21.2. The maximum atomic E-state index is 5.43. The van der Waals surface area contributed by atoms with Crippen LogP contribution in [0.25, 0.3) is 0 Å². The van der Waals surface area contributed by atoms with Crippen LogP contribution in [0.15, 0.2) is 6.20 Å². The number of aromatic amines is 1. The molecule has 0 spiro atoms. The number of ether oxygens (including phenoxy) is 1. The van der Waals surface area contributed by atoms with Gasteiger partial charge in [0.1, 0.15) is 0 Å². The predicted molar refractivity (Wildman–Crippen MR) is 63.5 cm³/mol. The Balaban J connectivity index is 1.59. The Morgan fingerprint density at radius 3 is 3.25 bits per heavy atom. The van der Waals surface area contributed by atoms with Crippen molar-refractivity contribution in [3.8, 4) is 0 Å². The van der Waals surface area contributed by atoms with Gasteiger partial charge in [0.15, 0.2) is 0 Å². The molecule has 16 heavy (non-hydrogen) atoms. The Morgan fingerprint density at radius 2 is 2.56 bits per heavy atom. The zero-order chi connectivity index (χ0) is 11.2. The van der Waals surface area contributed by atoms with Gasteiger partial charge < -0.3 is 10.1 Å². The van der Waals surface area contributed by atoms with Crippen LogP contribution < -0.4 is 5.32 Å². The fraction of sp³-hybridized carbons (Fsp3) is 0.750. The Morgan fingerprint density at radius 1 is 1.62 bits per heavy atom. The van der Waals surface area contributed by atoms with Gasteiger partial charge in [0.25, 0.3) is 0 Å². The van der Waals surface area contributed by atoms with Crippen molar-refractivity contribution in [2.45, 2.75) is 38.6 Å². The predicted octanol–water partition coefficient (Wildman–Crippen LogP) is 1.42. The Labute approximate surface area is 96.8 Å². The topological polar surface area (TPSA) is 49.9 Å². The van der Waals surface area contributed by atoms with Crippen LogP contribution in [0.2, 0.25) is 0 Å². The molecule has 2 rings (SSSR count). The molecule has 0 radical (unpaired) electrons. The highest BCUT2D eigenvalue weighted by Crippen LogP contribution is 2.07. The van der Waals surface area contributed by atoms with Crippen LogP contribution >= 0.6 is 0 Å². The minimum atomic E-state index is 0.569. The van der Waals surface area contributed by atoms with Gasteiger partial charge in [-0.2, -0.15) is 5.10 Å². The van der Waals surface area contributed by atoms with E-state index in [0.717, 1.165) is 32.6 Å². The quantitative estimate of drug-likeness (QED) is 0.742. The number of aromatic nitrogens is 2. The van der Waals surface area contributed by atoms with Crippen molar-refractivity contribution >= 4 is 0 Å². The molecule has 0 amide bonds. The van der Waals surface area contributed by atoms with Gasteiger partial charge in [-0.3, -0.25) is 5.10 Å². The van der Waals surface area contributed by atoms with Crippen molar-refractivity contribution < 1.29 is 4.74 Å². The van der Waals surface area contributed by atoms with E-state index >= 15 is 0 Å². The number of nitrogens with zero attached hydrogens (tertiary/aromatic N) is 1. The average molecular weight is 223 g/mol. The lowest BCUT2D eigenvalue weighted by Gasteiger charge is -2.23. The lowest BCUT2D eigenvalue weighted by atomic mass is 10.1. The van der Waals surface area contributed by atoms with Gasteiger partial charge >= 0.3 is 0 Å². The highest BCUT2D eigenvalue weighted by molar-refractivity contribution is 5.14. The van der Waals surface area contributed by atoms with E-state index in [2.05, 4.69) is 22.4 Å². The summed E-state index contributed by atoms with van der Waals surface area (Å²) in [6, 6.07) is 0.569. The maximum absolute atomic E-state index is 5.43. The Bertz CT molecular complexity index is 305. The summed E-state index contributed by atoms with van der Waals surface area (Å²) in [4.78, 5) is 0. The van der Waals surface area contributed by atoms with Crippen molar-refractivity contribution in [3.63, 3.8) is 0 Å². The summed E-state index contributed by atoms with van der Waals surface area (Å²) in [5, 5.41) is 10.5. The summed E-state index contributed by atoms with van der Waals surface area (Å²) < 4.78 is 5.43. The zero-order valence-corrected chi connectivity index (χ0v) is 9.96. The van der Waals surface area contributed by atoms with Crippen LogP contribution in [0, 0.1) is 6.92 Å². The van der Waals surface area contributed by atoms with Crippen molar-refractivity contribution in [3.05, 3.63) is 17.5 Å². The second-order valence-corrected chi connectivity index (χ2v) is 4.49. The summed E-state index contributed by atoms with van der Waals surface area (Å²) in [5.74, 6) is 0. The van der Waals surface area contributed by atoms with Gasteiger partial charge in [0.05, 0.1) is 12.8 Å². The van der Waals surface area contributed by atoms with E-state index in [1.54, 1.807) is 0 Å². The molecular weight excluding hydrogens is 202 g/mol. The van der Waals surface area contributed by atoms with E-state index in [0.29, 0.717) is 6.04 Å². The molecule has 0 aliphatic carbocycles. The van der Waals surface area contributed by atoms with Gasteiger partial charge in [0, 0.05) is 18.3 Å². The van der Waals surface area contributed by atoms with Crippen LogP contribution in [-0.2, 0) is 11.2 Å². The van der Waals surface area contributed by atoms with E-state index in [-0.39, 0.29) is 0 Å². The first-order chi connectivity index (χ1) is 7.86. The molecule has 1 unspecified atom stereocenters. The number of H-pyrrole nitrogens is 1. The van der Waals surface area contributed by atoms with Gasteiger partial charge in [-0.05, 0) is 44.7 Å². The molecular formula is C12H21N3O. The molecule has 4 heteroatoms. The second-order valence-electron chi connectivity index (χ2n) is 4.49. The highest BCUT2D eigenvalue weighted by atomic mass is 16.5. The summed E-state index contributed by atoms with van der Waals surface area (Å²) in [6.45, 7) is 4.96. The lowest BCUT2D eigenvalue weighted by Crippen LogP contribution is -2.37. The summed E-state index contributed by atoms with van der Waals surface area (Å²) in [6.07, 6.45) is 6.64. The molecule has 1 aliphatic heterocycles. The molecule has 1 fully saturated rings.